The van der Waals surface area contributed by atoms with Gasteiger partial charge < -0.3 is 9.84 Å². The summed E-state index contributed by atoms with van der Waals surface area (Å²) in [5.74, 6) is 0.234. The van der Waals surface area contributed by atoms with Gasteiger partial charge in [0.1, 0.15) is 6.04 Å². The van der Waals surface area contributed by atoms with Crippen LogP contribution in [0.4, 0.5) is 13.2 Å². The second kappa shape index (κ2) is 7.02. The van der Waals surface area contributed by atoms with Crippen molar-refractivity contribution in [2.24, 2.45) is 5.92 Å². The van der Waals surface area contributed by atoms with E-state index in [1.165, 1.54) is 12.1 Å². The molecule has 0 bridgehead atoms. The highest BCUT2D eigenvalue weighted by molar-refractivity contribution is 5.76. The topological polar surface area (TPSA) is 68.0 Å². The zero-order valence-electron chi connectivity index (χ0n) is 13.5. The number of hydrogen-bond acceptors (Lipinski definition) is 4. The van der Waals surface area contributed by atoms with Crippen molar-refractivity contribution >= 4 is 5.91 Å². The SMILES string of the molecule is CC(C)CC(=O)NC(C)c1nc(-c2cccc(C(F)(F)F)c2)no1. The van der Waals surface area contributed by atoms with Gasteiger partial charge in [-0.15, -0.1) is 0 Å². The van der Waals surface area contributed by atoms with Crippen molar-refractivity contribution in [2.45, 2.75) is 39.4 Å². The molecule has 0 aliphatic carbocycles. The van der Waals surface area contributed by atoms with Gasteiger partial charge in [0.05, 0.1) is 5.56 Å². The molecule has 1 unspecified atom stereocenters. The molecule has 1 N–H and O–H groups in total. The first-order chi connectivity index (χ1) is 11.2. The first kappa shape index (κ1) is 18.0. The number of halogens is 3. The molecule has 130 valence electrons. The molecule has 1 aromatic carbocycles. The molecule has 0 aliphatic rings. The standard InChI is InChI=1S/C16H18F3N3O2/c1-9(2)7-13(23)20-10(3)15-21-14(22-24-15)11-5-4-6-12(8-11)16(17,18)19/h4-6,8-10H,7H2,1-3H3,(H,20,23). The van der Waals surface area contributed by atoms with Crippen LogP contribution in [0.15, 0.2) is 28.8 Å². The molecule has 0 aliphatic heterocycles. The first-order valence-electron chi connectivity index (χ1n) is 7.47. The molecule has 0 saturated carbocycles. The van der Waals surface area contributed by atoms with Crippen LogP contribution < -0.4 is 5.32 Å². The minimum absolute atomic E-state index is 0.0426. The van der Waals surface area contributed by atoms with E-state index in [0.29, 0.717) is 6.42 Å². The summed E-state index contributed by atoms with van der Waals surface area (Å²) in [7, 11) is 0. The predicted octanol–water partition coefficient (Wildman–Crippen LogP) is 3.98. The van der Waals surface area contributed by atoms with Crippen LogP contribution in [0.5, 0.6) is 0 Å². The highest BCUT2D eigenvalue weighted by atomic mass is 19.4. The Morgan fingerprint density at radius 3 is 2.62 bits per heavy atom. The number of benzene rings is 1. The number of hydrogen-bond donors (Lipinski definition) is 1. The van der Waals surface area contributed by atoms with Gasteiger partial charge in [0.25, 0.3) is 0 Å². The summed E-state index contributed by atoms with van der Waals surface area (Å²) in [4.78, 5) is 15.8. The van der Waals surface area contributed by atoms with Gasteiger partial charge in [0, 0.05) is 12.0 Å². The second-order valence-corrected chi connectivity index (χ2v) is 5.92. The number of nitrogens with zero attached hydrogens (tertiary/aromatic N) is 2. The largest absolute Gasteiger partial charge is 0.416 e. The summed E-state index contributed by atoms with van der Waals surface area (Å²) >= 11 is 0. The van der Waals surface area contributed by atoms with Crippen LogP contribution in [0.2, 0.25) is 0 Å². The van der Waals surface area contributed by atoms with Crippen LogP contribution in [-0.2, 0) is 11.0 Å². The quantitative estimate of drug-likeness (QED) is 0.893. The lowest BCUT2D eigenvalue weighted by Crippen LogP contribution is -2.27. The van der Waals surface area contributed by atoms with E-state index in [2.05, 4.69) is 15.5 Å². The Balaban J connectivity index is 2.14. The highest BCUT2D eigenvalue weighted by Crippen LogP contribution is 2.31. The van der Waals surface area contributed by atoms with Crippen LogP contribution in [0, 0.1) is 5.92 Å². The molecule has 2 rings (SSSR count). The summed E-state index contributed by atoms with van der Waals surface area (Å²) in [6, 6.07) is 4.15. The van der Waals surface area contributed by atoms with Crippen molar-refractivity contribution in [3.05, 3.63) is 35.7 Å². The third-order valence-electron chi connectivity index (χ3n) is 3.23. The third kappa shape index (κ3) is 4.56. The maximum Gasteiger partial charge on any atom is 0.416 e. The Morgan fingerprint density at radius 1 is 1.29 bits per heavy atom. The molecule has 0 spiro atoms. The number of nitrogens with one attached hydrogen (secondary N) is 1. The molecular weight excluding hydrogens is 323 g/mol. The Bertz CT molecular complexity index is 711. The van der Waals surface area contributed by atoms with E-state index in [0.717, 1.165) is 12.1 Å². The lowest BCUT2D eigenvalue weighted by molar-refractivity contribution is -0.137. The monoisotopic (exact) mass is 341 g/mol. The Morgan fingerprint density at radius 2 is 2.00 bits per heavy atom. The Kier molecular flexibility index (Phi) is 5.26. The van der Waals surface area contributed by atoms with Crippen LogP contribution in [-0.4, -0.2) is 16.0 Å². The van der Waals surface area contributed by atoms with Gasteiger partial charge in [-0.05, 0) is 25.0 Å². The van der Waals surface area contributed by atoms with Gasteiger partial charge in [-0.2, -0.15) is 18.2 Å². The molecule has 0 fully saturated rings. The lowest BCUT2D eigenvalue weighted by atomic mass is 10.1. The van der Waals surface area contributed by atoms with Gasteiger partial charge in [-0.25, -0.2) is 0 Å². The molecule has 1 aromatic heterocycles. The Labute approximate surface area is 137 Å². The lowest BCUT2D eigenvalue weighted by Gasteiger charge is -2.10. The number of aromatic nitrogens is 2. The van der Waals surface area contributed by atoms with E-state index in [1.807, 2.05) is 13.8 Å². The molecule has 0 saturated heterocycles. The maximum absolute atomic E-state index is 12.8. The highest BCUT2D eigenvalue weighted by Gasteiger charge is 2.31. The molecule has 1 amide bonds. The summed E-state index contributed by atoms with van der Waals surface area (Å²) < 4.78 is 43.3. The smallest absolute Gasteiger partial charge is 0.345 e. The van der Waals surface area contributed by atoms with Crippen molar-refractivity contribution in [3.8, 4) is 11.4 Å². The van der Waals surface area contributed by atoms with Crippen LogP contribution in [0.1, 0.15) is 44.7 Å². The molecule has 24 heavy (non-hydrogen) atoms. The average Bonchev–Trinajstić information content (AvgIpc) is 2.95. The summed E-state index contributed by atoms with van der Waals surface area (Å²) in [5, 5.41) is 6.41. The Hall–Kier alpha value is -2.38. The molecule has 0 radical (unpaired) electrons. The van der Waals surface area contributed by atoms with E-state index in [1.54, 1.807) is 6.92 Å². The predicted molar refractivity (Wildman–Crippen MR) is 80.7 cm³/mol. The van der Waals surface area contributed by atoms with Crippen molar-refractivity contribution in [2.75, 3.05) is 0 Å². The fourth-order valence-corrected chi connectivity index (χ4v) is 2.10. The second-order valence-electron chi connectivity index (χ2n) is 5.92. The number of alkyl halides is 3. The van der Waals surface area contributed by atoms with Crippen molar-refractivity contribution in [3.63, 3.8) is 0 Å². The van der Waals surface area contributed by atoms with Crippen LogP contribution >= 0.6 is 0 Å². The molecule has 1 heterocycles. The van der Waals surface area contributed by atoms with Gasteiger partial charge in [0.15, 0.2) is 0 Å². The van der Waals surface area contributed by atoms with Crippen LogP contribution in [0.25, 0.3) is 11.4 Å². The van der Waals surface area contributed by atoms with E-state index in [4.69, 9.17) is 4.52 Å². The van der Waals surface area contributed by atoms with Crippen molar-refractivity contribution in [1.29, 1.82) is 0 Å². The normalized spacial score (nSPS) is 13.1. The van der Waals surface area contributed by atoms with Crippen molar-refractivity contribution in [1.82, 2.24) is 15.5 Å². The first-order valence-corrected chi connectivity index (χ1v) is 7.47. The molecule has 5 nitrogen and oxygen atoms in total. The minimum Gasteiger partial charge on any atom is -0.345 e. The molecule has 2 aromatic rings. The summed E-state index contributed by atoms with van der Waals surface area (Å²) in [6.45, 7) is 5.51. The average molecular weight is 341 g/mol. The fraction of sp³-hybridized carbons (Fsp3) is 0.438. The van der Waals surface area contributed by atoms with Gasteiger partial charge in [-0.3, -0.25) is 4.79 Å². The van der Waals surface area contributed by atoms with E-state index in [-0.39, 0.29) is 29.1 Å². The van der Waals surface area contributed by atoms with Gasteiger partial charge in [-0.1, -0.05) is 31.1 Å². The van der Waals surface area contributed by atoms with E-state index < -0.39 is 17.8 Å². The zero-order valence-corrected chi connectivity index (χ0v) is 13.5. The van der Waals surface area contributed by atoms with Crippen molar-refractivity contribution < 1.29 is 22.5 Å². The minimum atomic E-state index is -4.44. The van der Waals surface area contributed by atoms with Gasteiger partial charge in [0.2, 0.25) is 17.6 Å². The van der Waals surface area contributed by atoms with E-state index in [9.17, 15) is 18.0 Å². The molecule has 8 heteroatoms. The summed E-state index contributed by atoms with van der Waals surface area (Å²) in [6.07, 6.45) is -4.08. The number of rotatable bonds is 5. The number of amides is 1. The molecular formula is C16H18F3N3O2. The fourth-order valence-electron chi connectivity index (χ4n) is 2.10. The number of carbonyl (C=O) groups is 1. The van der Waals surface area contributed by atoms with E-state index >= 15 is 0 Å². The van der Waals surface area contributed by atoms with Crippen LogP contribution in [0.3, 0.4) is 0 Å². The third-order valence-corrected chi connectivity index (χ3v) is 3.23. The van der Waals surface area contributed by atoms with Gasteiger partial charge >= 0.3 is 6.18 Å². The summed E-state index contributed by atoms with van der Waals surface area (Å²) in [5.41, 5.74) is -0.592. The zero-order chi connectivity index (χ0) is 17.9. The maximum atomic E-state index is 12.8. The molecule has 1 atom stereocenters. The number of carbonyl (C=O) groups excluding carboxylic acids is 1.